The minimum Gasteiger partial charge on any atom is -0.0617 e. The zero-order valence-electron chi connectivity index (χ0n) is 15.8. The Morgan fingerprint density at radius 1 is 0.385 bits per heavy atom. The summed E-state index contributed by atoms with van der Waals surface area (Å²) < 4.78 is 0. The summed E-state index contributed by atoms with van der Waals surface area (Å²) in [4.78, 5) is 0. The molecule has 26 heavy (non-hydrogen) atoms. The monoisotopic (exact) mass is 334 g/mol. The van der Waals surface area contributed by atoms with Gasteiger partial charge < -0.3 is 0 Å². The molecule has 0 saturated carbocycles. The highest BCUT2D eigenvalue weighted by atomic mass is 14.0. The molecule has 0 amide bonds. The Kier molecular flexibility index (Phi) is 5.26. The Bertz CT molecular complexity index is 930. The van der Waals surface area contributed by atoms with Crippen LogP contribution in [0.15, 0.2) is 60.7 Å². The molecule has 0 aliphatic heterocycles. The summed E-state index contributed by atoms with van der Waals surface area (Å²) in [5.41, 5.74) is 9.08. The lowest BCUT2D eigenvalue weighted by Crippen LogP contribution is -1.83. The van der Waals surface area contributed by atoms with Crippen LogP contribution in [-0.4, -0.2) is 0 Å². The third kappa shape index (κ3) is 4.89. The fourth-order valence-corrected chi connectivity index (χ4v) is 3.02. The van der Waals surface area contributed by atoms with Crippen LogP contribution in [0, 0.1) is 51.4 Å². The molecule has 0 aliphatic rings. The van der Waals surface area contributed by atoms with Crippen molar-refractivity contribution in [3.63, 3.8) is 0 Å². The van der Waals surface area contributed by atoms with Crippen LogP contribution in [0.1, 0.15) is 44.5 Å². The third-order valence-corrected chi connectivity index (χ3v) is 4.03. The highest BCUT2D eigenvalue weighted by molar-refractivity contribution is 5.49. The van der Waals surface area contributed by atoms with Gasteiger partial charge in [-0.05, 0) is 98.5 Å². The van der Waals surface area contributed by atoms with Crippen LogP contribution in [0.5, 0.6) is 0 Å². The van der Waals surface area contributed by atoms with Crippen LogP contribution < -0.4 is 0 Å². The average Bonchev–Trinajstić information content (AvgIpc) is 2.57. The van der Waals surface area contributed by atoms with Gasteiger partial charge in [-0.15, -0.1) is 0 Å². The molecule has 0 spiro atoms. The summed E-state index contributed by atoms with van der Waals surface area (Å²) in [6.45, 7) is 8.39. The largest absolute Gasteiger partial charge is 0.0617 e. The molecule has 3 aromatic carbocycles. The molecule has 0 aliphatic carbocycles. The lowest BCUT2D eigenvalue weighted by Gasteiger charge is -1.98. The molecular weight excluding hydrogens is 312 g/mol. The number of benzene rings is 3. The van der Waals surface area contributed by atoms with E-state index in [0.29, 0.717) is 0 Å². The Morgan fingerprint density at radius 3 is 0.962 bits per heavy atom. The molecule has 0 saturated heterocycles. The highest BCUT2D eigenvalue weighted by Gasteiger charge is 1.94. The summed E-state index contributed by atoms with van der Waals surface area (Å²) in [6.07, 6.45) is 0. The van der Waals surface area contributed by atoms with Crippen LogP contribution in [-0.2, 0) is 0 Å². The first kappa shape index (κ1) is 17.6. The molecule has 0 unspecified atom stereocenters. The first-order valence-corrected chi connectivity index (χ1v) is 8.79. The van der Waals surface area contributed by atoms with Crippen molar-refractivity contribution >= 4 is 0 Å². The topological polar surface area (TPSA) is 0 Å². The maximum absolute atomic E-state index is 3.25. The van der Waals surface area contributed by atoms with Gasteiger partial charge in [-0.1, -0.05) is 35.8 Å². The van der Waals surface area contributed by atoms with Gasteiger partial charge in [0.05, 0.1) is 0 Å². The van der Waals surface area contributed by atoms with Gasteiger partial charge in [0.25, 0.3) is 0 Å². The quantitative estimate of drug-likeness (QED) is 0.461. The zero-order valence-corrected chi connectivity index (χ0v) is 15.8. The van der Waals surface area contributed by atoms with Crippen LogP contribution in [0.4, 0.5) is 0 Å². The van der Waals surface area contributed by atoms with Gasteiger partial charge in [-0.2, -0.15) is 0 Å². The molecule has 3 aromatic rings. The average molecular weight is 334 g/mol. The van der Waals surface area contributed by atoms with Gasteiger partial charge >= 0.3 is 0 Å². The molecule has 0 N–H and O–H groups in total. The van der Waals surface area contributed by atoms with Crippen LogP contribution in [0.3, 0.4) is 0 Å². The standard InChI is InChI=1S/C26H22/c1-19-13-20(2)16-25(15-19)11-9-23-5-7-24(8-6-23)10-12-26-17-21(3)14-22(4)18-26/h5-8,13-18H,1-4H3. The minimum atomic E-state index is 1.00. The smallest absolute Gasteiger partial charge is 0.0254 e. The van der Waals surface area contributed by atoms with Crippen LogP contribution in [0.25, 0.3) is 0 Å². The van der Waals surface area contributed by atoms with E-state index >= 15 is 0 Å². The Hall–Kier alpha value is -3.22. The molecule has 0 atom stereocenters. The highest BCUT2D eigenvalue weighted by Crippen LogP contribution is 2.10. The Morgan fingerprint density at radius 2 is 0.654 bits per heavy atom. The van der Waals surface area contributed by atoms with E-state index in [-0.39, 0.29) is 0 Å². The lowest BCUT2D eigenvalue weighted by atomic mass is 10.1. The van der Waals surface area contributed by atoms with Gasteiger partial charge in [0.2, 0.25) is 0 Å². The number of hydrogen-bond acceptors (Lipinski definition) is 0. The molecule has 126 valence electrons. The van der Waals surface area contributed by atoms with E-state index < -0.39 is 0 Å². The van der Waals surface area contributed by atoms with E-state index in [1.54, 1.807) is 0 Å². The van der Waals surface area contributed by atoms with E-state index in [9.17, 15) is 0 Å². The fraction of sp³-hybridized carbons (Fsp3) is 0.154. The molecule has 0 heteroatoms. The number of hydrogen-bond donors (Lipinski definition) is 0. The van der Waals surface area contributed by atoms with Crippen molar-refractivity contribution in [3.8, 4) is 23.7 Å². The van der Waals surface area contributed by atoms with Crippen LogP contribution in [0.2, 0.25) is 0 Å². The maximum atomic E-state index is 3.25. The van der Waals surface area contributed by atoms with Gasteiger partial charge in [0.1, 0.15) is 0 Å². The van der Waals surface area contributed by atoms with Crippen molar-refractivity contribution in [1.82, 2.24) is 0 Å². The molecule has 0 aromatic heterocycles. The molecular formula is C26H22. The minimum absolute atomic E-state index is 1.00. The normalized spacial score (nSPS) is 9.69. The first-order chi connectivity index (χ1) is 12.5. The number of aryl methyl sites for hydroxylation is 4. The fourth-order valence-electron chi connectivity index (χ4n) is 3.02. The van der Waals surface area contributed by atoms with E-state index in [4.69, 9.17) is 0 Å². The lowest BCUT2D eigenvalue weighted by molar-refractivity contribution is 1.37. The molecule has 0 nitrogen and oxygen atoms in total. The van der Waals surface area contributed by atoms with Crippen molar-refractivity contribution in [1.29, 1.82) is 0 Å². The van der Waals surface area contributed by atoms with Gasteiger partial charge in [0, 0.05) is 22.3 Å². The molecule has 0 heterocycles. The van der Waals surface area contributed by atoms with Crippen molar-refractivity contribution in [3.05, 3.63) is 105 Å². The van der Waals surface area contributed by atoms with Gasteiger partial charge in [-0.3, -0.25) is 0 Å². The van der Waals surface area contributed by atoms with Crippen molar-refractivity contribution < 1.29 is 0 Å². The number of rotatable bonds is 0. The molecule has 0 bridgehead atoms. The van der Waals surface area contributed by atoms with E-state index in [1.165, 1.54) is 22.3 Å². The summed E-state index contributed by atoms with van der Waals surface area (Å²) in [5, 5.41) is 0. The van der Waals surface area contributed by atoms with E-state index in [2.05, 4.69) is 87.8 Å². The zero-order chi connectivity index (χ0) is 18.5. The van der Waals surface area contributed by atoms with Gasteiger partial charge in [0.15, 0.2) is 0 Å². The molecule has 3 rings (SSSR count). The Labute approximate surface area is 156 Å². The maximum Gasteiger partial charge on any atom is 0.0254 e. The third-order valence-electron chi connectivity index (χ3n) is 4.03. The van der Waals surface area contributed by atoms with Crippen molar-refractivity contribution in [2.24, 2.45) is 0 Å². The first-order valence-electron chi connectivity index (χ1n) is 8.79. The second-order valence-corrected chi connectivity index (χ2v) is 6.83. The predicted octanol–water partition coefficient (Wildman–Crippen LogP) is 5.72. The summed E-state index contributed by atoms with van der Waals surface area (Å²) in [5.74, 6) is 13.0. The Balaban J connectivity index is 1.77. The molecule has 0 fully saturated rings. The van der Waals surface area contributed by atoms with Crippen molar-refractivity contribution in [2.75, 3.05) is 0 Å². The van der Waals surface area contributed by atoms with Gasteiger partial charge in [-0.25, -0.2) is 0 Å². The second kappa shape index (κ2) is 7.77. The van der Waals surface area contributed by atoms with E-state index in [1.807, 2.05) is 24.3 Å². The predicted molar refractivity (Wildman–Crippen MR) is 110 cm³/mol. The van der Waals surface area contributed by atoms with Crippen LogP contribution >= 0.6 is 0 Å². The van der Waals surface area contributed by atoms with E-state index in [0.717, 1.165) is 22.3 Å². The summed E-state index contributed by atoms with van der Waals surface area (Å²) >= 11 is 0. The summed E-state index contributed by atoms with van der Waals surface area (Å²) in [7, 11) is 0. The SMILES string of the molecule is Cc1cc(C)cc(C#Cc2ccc(C#Cc3cc(C)cc(C)c3)cc2)c1. The molecule has 0 radical (unpaired) electrons. The van der Waals surface area contributed by atoms with Crippen molar-refractivity contribution in [2.45, 2.75) is 27.7 Å². The summed E-state index contributed by atoms with van der Waals surface area (Å²) in [6, 6.07) is 20.9. The second-order valence-electron chi connectivity index (χ2n) is 6.83.